The van der Waals surface area contributed by atoms with Gasteiger partial charge in [-0.25, -0.2) is 0 Å². The second kappa shape index (κ2) is 8.86. The molecular weight excluding hydrogens is 348 g/mol. The van der Waals surface area contributed by atoms with Gasteiger partial charge in [0.15, 0.2) is 0 Å². The third-order valence-corrected chi connectivity index (χ3v) is 4.53. The van der Waals surface area contributed by atoms with Gasteiger partial charge in [-0.1, -0.05) is 54.1 Å². The Kier molecular flexibility index (Phi) is 6.81. The zero-order valence-electron chi connectivity index (χ0n) is 15.5. The summed E-state index contributed by atoms with van der Waals surface area (Å²) in [6.45, 7) is 4.24. The quantitative estimate of drug-likeness (QED) is 0.753. The SMILES string of the molecule is CN(Cc1ccccc1)C(=O)C(C)(C)C(=O)NCCc1cccc(Cl)c1. The van der Waals surface area contributed by atoms with Gasteiger partial charge in [0.2, 0.25) is 11.8 Å². The van der Waals surface area contributed by atoms with Crippen LogP contribution in [-0.2, 0) is 22.6 Å². The fourth-order valence-corrected chi connectivity index (χ4v) is 2.95. The van der Waals surface area contributed by atoms with E-state index in [-0.39, 0.29) is 11.8 Å². The first-order valence-corrected chi connectivity index (χ1v) is 9.00. The van der Waals surface area contributed by atoms with Gasteiger partial charge >= 0.3 is 0 Å². The lowest BCUT2D eigenvalue weighted by molar-refractivity contribution is -0.148. The molecule has 138 valence electrons. The Morgan fingerprint density at radius 2 is 1.69 bits per heavy atom. The Hall–Kier alpha value is -2.33. The summed E-state index contributed by atoms with van der Waals surface area (Å²) in [5.74, 6) is -0.481. The number of hydrogen-bond donors (Lipinski definition) is 1. The van der Waals surface area contributed by atoms with Gasteiger partial charge < -0.3 is 10.2 Å². The fourth-order valence-electron chi connectivity index (χ4n) is 2.74. The summed E-state index contributed by atoms with van der Waals surface area (Å²) >= 11 is 5.96. The maximum atomic E-state index is 12.7. The molecule has 2 aromatic carbocycles. The maximum Gasteiger partial charge on any atom is 0.237 e. The Morgan fingerprint density at radius 3 is 2.35 bits per heavy atom. The monoisotopic (exact) mass is 372 g/mol. The van der Waals surface area contributed by atoms with Gasteiger partial charge in [0.05, 0.1) is 0 Å². The average molecular weight is 373 g/mol. The van der Waals surface area contributed by atoms with E-state index in [0.717, 1.165) is 11.1 Å². The number of carbonyl (C=O) groups excluding carboxylic acids is 2. The lowest BCUT2D eigenvalue weighted by Gasteiger charge is -2.28. The van der Waals surface area contributed by atoms with Crippen LogP contribution in [0.25, 0.3) is 0 Å². The molecule has 4 nitrogen and oxygen atoms in total. The normalized spacial score (nSPS) is 11.1. The second-order valence-corrected chi connectivity index (χ2v) is 7.34. The zero-order chi connectivity index (χ0) is 19.2. The number of rotatable bonds is 7. The summed E-state index contributed by atoms with van der Waals surface area (Å²) in [7, 11) is 1.72. The highest BCUT2D eigenvalue weighted by Crippen LogP contribution is 2.20. The summed E-state index contributed by atoms with van der Waals surface area (Å²) in [6.07, 6.45) is 0.663. The van der Waals surface area contributed by atoms with Gasteiger partial charge in [0, 0.05) is 25.2 Å². The van der Waals surface area contributed by atoms with Crippen molar-refractivity contribution in [3.63, 3.8) is 0 Å². The van der Waals surface area contributed by atoms with Gasteiger partial charge in [-0.3, -0.25) is 9.59 Å². The molecule has 0 aliphatic heterocycles. The minimum atomic E-state index is -1.13. The van der Waals surface area contributed by atoms with Crippen LogP contribution < -0.4 is 5.32 Å². The molecule has 0 aliphatic carbocycles. The summed E-state index contributed by atoms with van der Waals surface area (Å²) in [5.41, 5.74) is 0.946. The third kappa shape index (κ3) is 5.33. The summed E-state index contributed by atoms with van der Waals surface area (Å²) in [4.78, 5) is 26.9. The molecule has 0 radical (unpaired) electrons. The van der Waals surface area contributed by atoms with E-state index in [1.165, 1.54) is 0 Å². The highest BCUT2D eigenvalue weighted by Gasteiger charge is 2.37. The molecular formula is C21H25ClN2O2. The first-order valence-electron chi connectivity index (χ1n) is 8.63. The lowest BCUT2D eigenvalue weighted by atomic mass is 9.90. The zero-order valence-corrected chi connectivity index (χ0v) is 16.2. The van der Waals surface area contributed by atoms with Crippen molar-refractivity contribution < 1.29 is 9.59 Å². The molecule has 2 aromatic rings. The molecule has 2 rings (SSSR count). The van der Waals surface area contributed by atoms with Crippen molar-refractivity contribution in [2.45, 2.75) is 26.8 Å². The maximum absolute atomic E-state index is 12.7. The second-order valence-electron chi connectivity index (χ2n) is 6.91. The molecule has 1 N–H and O–H groups in total. The predicted octanol–water partition coefficient (Wildman–Crippen LogP) is 3.68. The van der Waals surface area contributed by atoms with Gasteiger partial charge in [0.1, 0.15) is 5.41 Å². The molecule has 0 saturated carbocycles. The van der Waals surface area contributed by atoms with E-state index >= 15 is 0 Å². The van der Waals surface area contributed by atoms with Crippen LogP contribution >= 0.6 is 11.6 Å². The molecule has 26 heavy (non-hydrogen) atoms. The van der Waals surface area contributed by atoms with Crippen LogP contribution in [0.1, 0.15) is 25.0 Å². The number of benzene rings is 2. The van der Waals surface area contributed by atoms with Gasteiger partial charge in [-0.15, -0.1) is 0 Å². The number of hydrogen-bond acceptors (Lipinski definition) is 2. The molecule has 0 atom stereocenters. The van der Waals surface area contributed by atoms with Crippen LogP contribution in [0.15, 0.2) is 54.6 Å². The molecule has 0 aromatic heterocycles. The van der Waals surface area contributed by atoms with E-state index < -0.39 is 5.41 Å². The molecule has 0 aliphatic rings. The van der Waals surface area contributed by atoms with Crippen molar-refractivity contribution in [2.75, 3.05) is 13.6 Å². The minimum absolute atomic E-state index is 0.207. The molecule has 0 fully saturated rings. The molecule has 0 unspecified atom stereocenters. The van der Waals surface area contributed by atoms with Crippen LogP contribution in [0.3, 0.4) is 0 Å². The van der Waals surface area contributed by atoms with E-state index in [2.05, 4.69) is 5.32 Å². The van der Waals surface area contributed by atoms with Crippen molar-refractivity contribution in [1.29, 1.82) is 0 Å². The molecule has 2 amide bonds. The number of amides is 2. The number of nitrogens with zero attached hydrogens (tertiary/aromatic N) is 1. The van der Waals surface area contributed by atoms with Gasteiger partial charge in [-0.2, -0.15) is 0 Å². The largest absolute Gasteiger partial charge is 0.355 e. The number of carbonyl (C=O) groups is 2. The molecule has 0 bridgehead atoms. The van der Waals surface area contributed by atoms with Crippen molar-refractivity contribution >= 4 is 23.4 Å². The molecule has 5 heteroatoms. The van der Waals surface area contributed by atoms with Crippen molar-refractivity contribution in [3.8, 4) is 0 Å². The van der Waals surface area contributed by atoms with Crippen molar-refractivity contribution in [2.24, 2.45) is 5.41 Å². The Bertz CT molecular complexity index is 760. The predicted molar refractivity (Wildman–Crippen MR) is 105 cm³/mol. The topological polar surface area (TPSA) is 49.4 Å². The van der Waals surface area contributed by atoms with E-state index in [1.54, 1.807) is 25.8 Å². The number of halogens is 1. The number of nitrogens with one attached hydrogen (secondary N) is 1. The first-order chi connectivity index (χ1) is 12.3. The Labute approximate surface area is 160 Å². The Balaban J connectivity index is 1.90. The summed E-state index contributed by atoms with van der Waals surface area (Å²) < 4.78 is 0. The fraction of sp³-hybridized carbons (Fsp3) is 0.333. The minimum Gasteiger partial charge on any atom is -0.355 e. The van der Waals surface area contributed by atoms with Crippen molar-refractivity contribution in [1.82, 2.24) is 10.2 Å². The van der Waals surface area contributed by atoms with Crippen LogP contribution in [0.2, 0.25) is 5.02 Å². The van der Waals surface area contributed by atoms with Crippen LogP contribution in [0.4, 0.5) is 0 Å². The highest BCUT2D eigenvalue weighted by molar-refractivity contribution is 6.30. The highest BCUT2D eigenvalue weighted by atomic mass is 35.5. The van der Waals surface area contributed by atoms with E-state index in [1.807, 2.05) is 54.6 Å². The van der Waals surface area contributed by atoms with E-state index in [4.69, 9.17) is 11.6 Å². The van der Waals surface area contributed by atoms with Crippen LogP contribution in [0, 0.1) is 5.41 Å². The Morgan fingerprint density at radius 1 is 1.04 bits per heavy atom. The molecule has 0 saturated heterocycles. The average Bonchev–Trinajstić information content (AvgIpc) is 2.61. The van der Waals surface area contributed by atoms with Crippen molar-refractivity contribution in [3.05, 3.63) is 70.7 Å². The lowest BCUT2D eigenvalue weighted by Crippen LogP contribution is -2.48. The van der Waals surface area contributed by atoms with Gasteiger partial charge in [0.25, 0.3) is 0 Å². The van der Waals surface area contributed by atoms with Gasteiger partial charge in [-0.05, 0) is 43.5 Å². The summed E-state index contributed by atoms with van der Waals surface area (Å²) in [5, 5.41) is 3.53. The van der Waals surface area contributed by atoms with Crippen LogP contribution in [-0.4, -0.2) is 30.3 Å². The smallest absolute Gasteiger partial charge is 0.237 e. The van der Waals surface area contributed by atoms with E-state index in [9.17, 15) is 9.59 Å². The first kappa shape index (κ1) is 20.0. The standard InChI is InChI=1S/C21H25ClN2O2/c1-21(2,20(26)24(3)15-17-8-5-4-6-9-17)19(25)23-13-12-16-10-7-11-18(22)14-16/h4-11,14H,12-13,15H2,1-3H3,(H,23,25). The molecule has 0 heterocycles. The molecule has 0 spiro atoms. The van der Waals surface area contributed by atoms with Crippen LogP contribution in [0.5, 0.6) is 0 Å². The summed E-state index contributed by atoms with van der Waals surface area (Å²) in [6, 6.07) is 17.2. The van der Waals surface area contributed by atoms with E-state index in [0.29, 0.717) is 24.5 Å². The third-order valence-electron chi connectivity index (χ3n) is 4.30.